The summed E-state index contributed by atoms with van der Waals surface area (Å²) in [6, 6.07) is 11.5. The van der Waals surface area contributed by atoms with Crippen LogP contribution in [0.25, 0.3) is 10.9 Å². The van der Waals surface area contributed by atoms with Crippen molar-refractivity contribution in [1.29, 1.82) is 5.26 Å². The first-order valence-corrected chi connectivity index (χ1v) is 4.60. The first-order valence-electron chi connectivity index (χ1n) is 4.22. The topological polar surface area (TPSA) is 36.7 Å². The maximum Gasteiger partial charge on any atom is 0.0891 e. The number of aromatic nitrogens is 1. The molecule has 3 heteroatoms. The number of nitriles is 1. The average molecular weight is 203 g/mol. The minimum atomic E-state index is 0.321. The van der Waals surface area contributed by atoms with Crippen molar-refractivity contribution in [3.63, 3.8) is 0 Å². The molecule has 0 saturated heterocycles. The molecule has 0 bridgehead atoms. The standard InChI is InChI=1S/C11H7ClN2/c12-10-3-1-2-8-4-5-9(6-7-13)14-11(8)10/h1-5H,6H2. The molecule has 1 aromatic heterocycles. The lowest BCUT2D eigenvalue weighted by molar-refractivity contribution is 1.15. The Morgan fingerprint density at radius 3 is 2.93 bits per heavy atom. The van der Waals surface area contributed by atoms with Gasteiger partial charge in [-0.3, -0.25) is 4.98 Å². The Morgan fingerprint density at radius 1 is 1.29 bits per heavy atom. The first kappa shape index (κ1) is 8.98. The van der Waals surface area contributed by atoms with Gasteiger partial charge in [0.1, 0.15) is 0 Å². The van der Waals surface area contributed by atoms with Crippen LogP contribution in [0.2, 0.25) is 5.02 Å². The molecule has 0 unspecified atom stereocenters. The molecule has 0 radical (unpaired) electrons. The van der Waals surface area contributed by atoms with Gasteiger partial charge in [-0.2, -0.15) is 5.26 Å². The number of rotatable bonds is 1. The van der Waals surface area contributed by atoms with Gasteiger partial charge in [0.25, 0.3) is 0 Å². The van der Waals surface area contributed by atoms with Gasteiger partial charge in [-0.25, -0.2) is 0 Å². The maximum absolute atomic E-state index is 8.54. The van der Waals surface area contributed by atoms with Gasteiger partial charge in [-0.15, -0.1) is 0 Å². The quantitative estimate of drug-likeness (QED) is 0.713. The molecular weight excluding hydrogens is 196 g/mol. The van der Waals surface area contributed by atoms with Crippen LogP contribution in [0, 0.1) is 11.3 Å². The highest BCUT2D eigenvalue weighted by Crippen LogP contribution is 2.21. The number of halogens is 1. The van der Waals surface area contributed by atoms with E-state index < -0.39 is 0 Å². The SMILES string of the molecule is N#CCc1ccc2cccc(Cl)c2n1. The van der Waals surface area contributed by atoms with Crippen molar-refractivity contribution in [1.82, 2.24) is 4.98 Å². The first-order chi connectivity index (χ1) is 6.81. The highest BCUT2D eigenvalue weighted by molar-refractivity contribution is 6.35. The second-order valence-electron chi connectivity index (χ2n) is 2.95. The summed E-state index contributed by atoms with van der Waals surface area (Å²) >= 11 is 5.98. The summed E-state index contributed by atoms with van der Waals surface area (Å²) in [7, 11) is 0. The highest BCUT2D eigenvalue weighted by Gasteiger charge is 2.01. The maximum atomic E-state index is 8.54. The van der Waals surface area contributed by atoms with Crippen LogP contribution in [0.1, 0.15) is 5.69 Å². The molecule has 68 valence electrons. The zero-order valence-corrected chi connectivity index (χ0v) is 8.12. The molecule has 1 heterocycles. The van der Waals surface area contributed by atoms with Gasteiger partial charge in [0.2, 0.25) is 0 Å². The molecule has 1 aromatic carbocycles. The van der Waals surface area contributed by atoms with E-state index in [1.807, 2.05) is 24.3 Å². The number of pyridine rings is 1. The van der Waals surface area contributed by atoms with Gasteiger partial charge >= 0.3 is 0 Å². The number of para-hydroxylation sites is 1. The largest absolute Gasteiger partial charge is 0.250 e. The van der Waals surface area contributed by atoms with E-state index in [2.05, 4.69) is 11.1 Å². The third-order valence-corrected chi connectivity index (χ3v) is 2.29. The Morgan fingerprint density at radius 2 is 2.14 bits per heavy atom. The lowest BCUT2D eigenvalue weighted by Crippen LogP contribution is -1.88. The molecule has 0 aliphatic rings. The van der Waals surface area contributed by atoms with Gasteiger partial charge in [0.15, 0.2) is 0 Å². The molecule has 0 atom stereocenters. The van der Waals surface area contributed by atoms with Crippen LogP contribution in [0.5, 0.6) is 0 Å². The average Bonchev–Trinajstić information content (AvgIpc) is 2.20. The summed E-state index contributed by atoms with van der Waals surface area (Å²) in [6.07, 6.45) is 0.321. The molecule has 0 amide bonds. The Kier molecular flexibility index (Phi) is 2.34. The van der Waals surface area contributed by atoms with E-state index in [1.165, 1.54) is 0 Å². The fourth-order valence-electron chi connectivity index (χ4n) is 1.33. The van der Waals surface area contributed by atoms with E-state index in [4.69, 9.17) is 16.9 Å². The molecule has 2 rings (SSSR count). The van der Waals surface area contributed by atoms with E-state index in [0.29, 0.717) is 11.4 Å². The van der Waals surface area contributed by atoms with Crippen LogP contribution in [-0.4, -0.2) is 4.98 Å². The molecular formula is C11H7ClN2. The summed E-state index contributed by atoms with van der Waals surface area (Å²) in [5.74, 6) is 0. The van der Waals surface area contributed by atoms with Crippen LogP contribution >= 0.6 is 11.6 Å². The molecule has 0 fully saturated rings. The molecule has 2 nitrogen and oxygen atoms in total. The van der Waals surface area contributed by atoms with Crippen LogP contribution in [0.15, 0.2) is 30.3 Å². The van der Waals surface area contributed by atoms with Crippen molar-refractivity contribution in [2.24, 2.45) is 0 Å². The normalized spacial score (nSPS) is 10.0. The van der Waals surface area contributed by atoms with Crippen LogP contribution in [-0.2, 0) is 6.42 Å². The molecule has 0 aliphatic carbocycles. The van der Waals surface area contributed by atoms with Crippen molar-refractivity contribution in [3.8, 4) is 6.07 Å². The predicted octanol–water partition coefficient (Wildman–Crippen LogP) is 2.95. The molecule has 0 saturated carbocycles. The zero-order valence-electron chi connectivity index (χ0n) is 7.37. The van der Waals surface area contributed by atoms with Gasteiger partial charge in [-0.1, -0.05) is 29.8 Å². The molecule has 14 heavy (non-hydrogen) atoms. The monoisotopic (exact) mass is 202 g/mol. The summed E-state index contributed by atoms with van der Waals surface area (Å²) in [5, 5.41) is 10.2. The van der Waals surface area contributed by atoms with E-state index >= 15 is 0 Å². The Balaban J connectivity index is 2.65. The summed E-state index contributed by atoms with van der Waals surface area (Å²) in [6.45, 7) is 0. The third kappa shape index (κ3) is 1.55. The van der Waals surface area contributed by atoms with Crippen molar-refractivity contribution in [2.45, 2.75) is 6.42 Å². The summed E-state index contributed by atoms with van der Waals surface area (Å²) in [5.41, 5.74) is 1.52. The number of benzene rings is 1. The van der Waals surface area contributed by atoms with Crippen molar-refractivity contribution in [3.05, 3.63) is 41.0 Å². The van der Waals surface area contributed by atoms with Gasteiger partial charge in [-0.05, 0) is 12.1 Å². The van der Waals surface area contributed by atoms with E-state index in [-0.39, 0.29) is 0 Å². The molecule has 0 aliphatic heterocycles. The molecule has 0 spiro atoms. The predicted molar refractivity (Wildman–Crippen MR) is 56.1 cm³/mol. The van der Waals surface area contributed by atoms with Gasteiger partial charge in [0, 0.05) is 5.39 Å². The van der Waals surface area contributed by atoms with Crippen LogP contribution < -0.4 is 0 Å². The molecule has 2 aromatic rings. The Bertz CT molecular complexity index is 514. The zero-order chi connectivity index (χ0) is 9.97. The highest BCUT2D eigenvalue weighted by atomic mass is 35.5. The Labute approximate surface area is 86.8 Å². The lowest BCUT2D eigenvalue weighted by atomic mass is 10.2. The van der Waals surface area contributed by atoms with Gasteiger partial charge < -0.3 is 0 Å². The van der Waals surface area contributed by atoms with Gasteiger partial charge in [0.05, 0.1) is 28.7 Å². The lowest BCUT2D eigenvalue weighted by Gasteiger charge is -2.00. The number of nitrogens with zero attached hydrogens (tertiary/aromatic N) is 2. The fourth-order valence-corrected chi connectivity index (χ4v) is 1.55. The van der Waals surface area contributed by atoms with E-state index in [9.17, 15) is 0 Å². The summed E-state index contributed by atoms with van der Waals surface area (Å²) < 4.78 is 0. The number of fused-ring (bicyclic) bond motifs is 1. The fraction of sp³-hybridized carbons (Fsp3) is 0.0909. The smallest absolute Gasteiger partial charge is 0.0891 e. The molecule has 0 N–H and O–H groups in total. The second-order valence-corrected chi connectivity index (χ2v) is 3.36. The van der Waals surface area contributed by atoms with Crippen LogP contribution in [0.3, 0.4) is 0 Å². The van der Waals surface area contributed by atoms with E-state index in [1.54, 1.807) is 6.07 Å². The minimum absolute atomic E-state index is 0.321. The summed E-state index contributed by atoms with van der Waals surface area (Å²) in [4.78, 5) is 4.31. The number of hydrogen-bond acceptors (Lipinski definition) is 2. The third-order valence-electron chi connectivity index (χ3n) is 1.99. The van der Waals surface area contributed by atoms with Crippen molar-refractivity contribution in [2.75, 3.05) is 0 Å². The number of hydrogen-bond donors (Lipinski definition) is 0. The second kappa shape index (κ2) is 3.65. The minimum Gasteiger partial charge on any atom is -0.250 e. The van der Waals surface area contributed by atoms with E-state index in [0.717, 1.165) is 16.6 Å². The Hall–Kier alpha value is -1.59. The van der Waals surface area contributed by atoms with Crippen molar-refractivity contribution >= 4 is 22.5 Å². The van der Waals surface area contributed by atoms with Crippen molar-refractivity contribution < 1.29 is 0 Å². The van der Waals surface area contributed by atoms with Crippen LogP contribution in [0.4, 0.5) is 0 Å².